The first kappa shape index (κ1) is 14.2. The van der Waals surface area contributed by atoms with Crippen molar-refractivity contribution >= 4 is 43.5 Å². The average molecular weight is 359 g/mol. The van der Waals surface area contributed by atoms with Gasteiger partial charge in [0, 0.05) is 4.88 Å². The van der Waals surface area contributed by atoms with Gasteiger partial charge in [-0.15, -0.1) is 11.3 Å². The Labute approximate surface area is 124 Å². The zero-order chi connectivity index (χ0) is 13.9. The molecule has 0 radical (unpaired) electrons. The van der Waals surface area contributed by atoms with Gasteiger partial charge in [0.25, 0.3) is 10.0 Å². The number of nitrogens with one attached hydrogen (secondary N) is 1. The number of thiophene rings is 1. The van der Waals surface area contributed by atoms with Gasteiger partial charge >= 0.3 is 0 Å². The van der Waals surface area contributed by atoms with Gasteiger partial charge in [-0.2, -0.15) is 13.5 Å². The molecule has 0 aliphatic carbocycles. The summed E-state index contributed by atoms with van der Waals surface area (Å²) in [6.07, 6.45) is 1.47. The van der Waals surface area contributed by atoms with Crippen molar-refractivity contribution < 1.29 is 8.42 Å². The smallest absolute Gasteiger partial charge is 0.200 e. The van der Waals surface area contributed by atoms with Crippen LogP contribution in [0.5, 0.6) is 0 Å². The Balaban J connectivity index is 2.09. The molecule has 100 valence electrons. The zero-order valence-electron chi connectivity index (χ0n) is 10.00. The number of hydrogen-bond donors (Lipinski definition) is 1. The van der Waals surface area contributed by atoms with E-state index in [0.717, 1.165) is 14.2 Å². The van der Waals surface area contributed by atoms with Crippen molar-refractivity contribution in [3.8, 4) is 0 Å². The van der Waals surface area contributed by atoms with Gasteiger partial charge in [-0.05, 0) is 47.1 Å². The fourth-order valence-electron chi connectivity index (χ4n) is 1.33. The second-order valence-corrected chi connectivity index (χ2v) is 7.96. The summed E-state index contributed by atoms with van der Waals surface area (Å²) in [6, 6.07) is 10.3. The van der Waals surface area contributed by atoms with Crippen LogP contribution in [-0.4, -0.2) is 14.6 Å². The van der Waals surface area contributed by atoms with Crippen molar-refractivity contribution in [3.05, 3.63) is 50.6 Å². The number of hydrazone groups is 1. The van der Waals surface area contributed by atoms with Crippen LogP contribution in [0.1, 0.15) is 10.4 Å². The first-order valence-corrected chi connectivity index (χ1v) is 8.43. The minimum Gasteiger partial charge on any atom is -0.200 e. The van der Waals surface area contributed by atoms with Gasteiger partial charge in [0.15, 0.2) is 0 Å². The predicted octanol–water partition coefficient (Wildman–Crippen LogP) is 3.13. The van der Waals surface area contributed by atoms with Crippen LogP contribution in [0.25, 0.3) is 0 Å². The average Bonchev–Trinajstić information content (AvgIpc) is 2.75. The number of halogens is 1. The summed E-state index contributed by atoms with van der Waals surface area (Å²) in [4.78, 5) is 3.24. The van der Waals surface area contributed by atoms with E-state index in [9.17, 15) is 8.42 Å². The number of sulfonamides is 1. The van der Waals surface area contributed by atoms with Gasteiger partial charge in [0.2, 0.25) is 0 Å². The molecular weight excluding hydrogens is 348 g/mol. The van der Waals surface area contributed by atoms with Crippen molar-refractivity contribution in [3.63, 3.8) is 0 Å². The van der Waals surface area contributed by atoms with Crippen LogP contribution in [-0.2, 0) is 10.0 Å². The van der Waals surface area contributed by atoms with Crippen LogP contribution in [0.4, 0.5) is 0 Å². The maximum absolute atomic E-state index is 11.9. The van der Waals surface area contributed by atoms with E-state index in [-0.39, 0.29) is 4.90 Å². The van der Waals surface area contributed by atoms with E-state index in [1.165, 1.54) is 17.6 Å². The summed E-state index contributed by atoms with van der Waals surface area (Å²) in [7, 11) is -3.60. The summed E-state index contributed by atoms with van der Waals surface area (Å²) >= 11 is 4.79. The van der Waals surface area contributed by atoms with Crippen molar-refractivity contribution in [2.24, 2.45) is 5.10 Å². The SMILES string of the molecule is Cc1ccc(S(=O)(=O)NN=Cc2ccc(Br)s2)cc1. The van der Waals surface area contributed by atoms with Crippen LogP contribution < -0.4 is 4.83 Å². The van der Waals surface area contributed by atoms with Gasteiger partial charge < -0.3 is 0 Å². The molecule has 0 amide bonds. The summed E-state index contributed by atoms with van der Waals surface area (Å²) in [5.74, 6) is 0. The van der Waals surface area contributed by atoms with Gasteiger partial charge in [-0.3, -0.25) is 0 Å². The molecule has 0 atom stereocenters. The fourth-order valence-corrected chi connectivity index (χ4v) is 3.41. The molecule has 2 aromatic rings. The predicted molar refractivity (Wildman–Crippen MR) is 81.1 cm³/mol. The summed E-state index contributed by atoms with van der Waals surface area (Å²) < 4.78 is 24.8. The van der Waals surface area contributed by atoms with E-state index in [4.69, 9.17) is 0 Å². The van der Waals surface area contributed by atoms with E-state index in [0.29, 0.717) is 0 Å². The van der Waals surface area contributed by atoms with Crippen LogP contribution in [0, 0.1) is 6.92 Å². The van der Waals surface area contributed by atoms with E-state index in [2.05, 4.69) is 25.9 Å². The topological polar surface area (TPSA) is 58.5 Å². The molecule has 0 saturated carbocycles. The van der Waals surface area contributed by atoms with Gasteiger partial charge in [-0.25, -0.2) is 4.83 Å². The molecule has 0 bridgehead atoms. The Morgan fingerprint density at radius 3 is 2.47 bits per heavy atom. The van der Waals surface area contributed by atoms with Crippen molar-refractivity contribution in [1.82, 2.24) is 4.83 Å². The third kappa shape index (κ3) is 3.89. The second kappa shape index (κ2) is 5.85. The minimum absolute atomic E-state index is 0.197. The molecule has 4 nitrogen and oxygen atoms in total. The quantitative estimate of drug-likeness (QED) is 0.674. The Kier molecular flexibility index (Phi) is 4.38. The van der Waals surface area contributed by atoms with Crippen molar-refractivity contribution in [2.75, 3.05) is 0 Å². The molecule has 7 heteroatoms. The monoisotopic (exact) mass is 358 g/mol. The number of benzene rings is 1. The largest absolute Gasteiger partial charge is 0.276 e. The van der Waals surface area contributed by atoms with Gasteiger partial charge in [0.1, 0.15) is 0 Å². The van der Waals surface area contributed by atoms with Crippen LogP contribution in [0.3, 0.4) is 0 Å². The molecule has 0 saturated heterocycles. The molecule has 0 fully saturated rings. The van der Waals surface area contributed by atoms with E-state index in [1.807, 2.05) is 19.1 Å². The Bertz CT molecular complexity index is 691. The lowest BCUT2D eigenvalue weighted by atomic mass is 10.2. The van der Waals surface area contributed by atoms with E-state index < -0.39 is 10.0 Å². The molecule has 0 spiro atoms. The third-order valence-corrected chi connectivity index (χ3v) is 5.09. The van der Waals surface area contributed by atoms with Crippen molar-refractivity contribution in [2.45, 2.75) is 11.8 Å². The van der Waals surface area contributed by atoms with Gasteiger partial charge in [-0.1, -0.05) is 17.7 Å². The van der Waals surface area contributed by atoms with Gasteiger partial charge in [0.05, 0.1) is 14.9 Å². The maximum atomic E-state index is 11.9. The molecule has 1 heterocycles. The first-order valence-electron chi connectivity index (χ1n) is 5.34. The molecule has 2 rings (SSSR count). The van der Waals surface area contributed by atoms with Crippen LogP contribution in [0.2, 0.25) is 0 Å². The Morgan fingerprint density at radius 1 is 1.21 bits per heavy atom. The minimum atomic E-state index is -3.60. The number of hydrogen-bond acceptors (Lipinski definition) is 4. The summed E-state index contributed by atoms with van der Waals surface area (Å²) in [5.41, 5.74) is 1.01. The number of aryl methyl sites for hydroxylation is 1. The molecule has 0 aliphatic heterocycles. The highest BCUT2D eigenvalue weighted by molar-refractivity contribution is 9.11. The maximum Gasteiger partial charge on any atom is 0.276 e. The molecule has 1 aromatic carbocycles. The molecule has 0 aliphatic rings. The highest BCUT2D eigenvalue weighted by atomic mass is 79.9. The second-order valence-electron chi connectivity index (χ2n) is 3.81. The molecule has 0 unspecified atom stereocenters. The molecular formula is C12H11BrN2O2S2. The van der Waals surface area contributed by atoms with Crippen LogP contribution >= 0.6 is 27.3 Å². The fraction of sp³-hybridized carbons (Fsp3) is 0.0833. The highest BCUT2D eigenvalue weighted by Gasteiger charge is 2.11. The first-order chi connectivity index (χ1) is 8.97. The lowest BCUT2D eigenvalue weighted by Crippen LogP contribution is -2.18. The zero-order valence-corrected chi connectivity index (χ0v) is 13.2. The normalized spacial score (nSPS) is 11.9. The Hall–Kier alpha value is -1.18. The van der Waals surface area contributed by atoms with Crippen LogP contribution in [0.15, 0.2) is 50.2 Å². The molecule has 1 aromatic heterocycles. The summed E-state index contributed by atoms with van der Waals surface area (Å²) in [6.45, 7) is 1.90. The van der Waals surface area contributed by atoms with Crippen molar-refractivity contribution in [1.29, 1.82) is 0 Å². The highest BCUT2D eigenvalue weighted by Crippen LogP contribution is 2.20. The summed E-state index contributed by atoms with van der Waals surface area (Å²) in [5, 5.41) is 3.75. The molecule has 19 heavy (non-hydrogen) atoms. The number of nitrogens with zero attached hydrogens (tertiary/aromatic N) is 1. The number of rotatable bonds is 4. The van der Waals surface area contributed by atoms with E-state index in [1.54, 1.807) is 24.3 Å². The Morgan fingerprint density at radius 2 is 1.89 bits per heavy atom. The lowest BCUT2D eigenvalue weighted by molar-refractivity contribution is 0.584. The lowest BCUT2D eigenvalue weighted by Gasteiger charge is -2.02. The molecule has 1 N–H and O–H groups in total. The standard InChI is InChI=1S/C12H11BrN2O2S2/c1-9-2-5-11(6-3-9)19(16,17)15-14-8-10-4-7-12(13)18-10/h2-8,15H,1H3. The van der Waals surface area contributed by atoms with E-state index >= 15 is 0 Å². The third-order valence-electron chi connectivity index (χ3n) is 2.29.